The summed E-state index contributed by atoms with van der Waals surface area (Å²) in [6.07, 6.45) is 0.888. The van der Waals surface area contributed by atoms with Crippen LogP contribution >= 0.6 is 27.5 Å². The van der Waals surface area contributed by atoms with E-state index in [9.17, 15) is 9.18 Å². The minimum atomic E-state index is -0.723. The van der Waals surface area contributed by atoms with Crippen LogP contribution in [-0.4, -0.2) is 21.2 Å². The van der Waals surface area contributed by atoms with E-state index in [4.69, 9.17) is 11.6 Å². The van der Waals surface area contributed by atoms with Gasteiger partial charge in [0.05, 0.1) is 11.5 Å². The lowest BCUT2D eigenvalue weighted by molar-refractivity contribution is -0.113. The number of nitrogens with one attached hydrogen (secondary N) is 1. The molecule has 7 heteroatoms. The van der Waals surface area contributed by atoms with Gasteiger partial charge in [-0.1, -0.05) is 15.9 Å². The third-order valence-electron chi connectivity index (χ3n) is 1.09. The van der Waals surface area contributed by atoms with Crippen LogP contribution in [0.2, 0.25) is 5.28 Å². The van der Waals surface area contributed by atoms with Crippen molar-refractivity contribution in [2.45, 2.75) is 0 Å². The molecule has 0 saturated carbocycles. The number of amides is 1. The molecular weight excluding hydrogens is 264 g/mol. The Morgan fingerprint density at radius 2 is 2.46 bits per heavy atom. The van der Waals surface area contributed by atoms with E-state index in [1.54, 1.807) is 0 Å². The van der Waals surface area contributed by atoms with Gasteiger partial charge < -0.3 is 5.32 Å². The molecule has 0 aliphatic rings. The molecule has 0 aromatic carbocycles. The summed E-state index contributed by atoms with van der Waals surface area (Å²) < 4.78 is 12.9. The van der Waals surface area contributed by atoms with E-state index in [1.165, 1.54) is 0 Å². The second-order valence-electron chi connectivity index (χ2n) is 2.02. The van der Waals surface area contributed by atoms with Gasteiger partial charge in [-0.15, -0.1) is 0 Å². The average molecular weight is 268 g/mol. The molecule has 0 bridgehead atoms. The molecule has 1 aromatic rings. The summed E-state index contributed by atoms with van der Waals surface area (Å²) in [4.78, 5) is 17.7. The largest absolute Gasteiger partial charge is 0.307 e. The highest BCUT2D eigenvalue weighted by Gasteiger charge is 2.08. The van der Waals surface area contributed by atoms with E-state index >= 15 is 0 Å². The van der Waals surface area contributed by atoms with Crippen LogP contribution in [0.5, 0.6) is 0 Å². The van der Waals surface area contributed by atoms with Crippen LogP contribution in [0.25, 0.3) is 0 Å². The van der Waals surface area contributed by atoms with Gasteiger partial charge in [0.15, 0.2) is 11.6 Å². The SMILES string of the molecule is O=C(CBr)Nc1nc(Cl)ncc1F. The summed E-state index contributed by atoms with van der Waals surface area (Å²) >= 11 is 8.30. The second-order valence-corrected chi connectivity index (χ2v) is 2.92. The second kappa shape index (κ2) is 4.48. The number of hydrogen-bond acceptors (Lipinski definition) is 3. The van der Waals surface area contributed by atoms with E-state index in [2.05, 4.69) is 31.2 Å². The van der Waals surface area contributed by atoms with Crippen LogP contribution in [-0.2, 0) is 4.79 Å². The highest BCUT2D eigenvalue weighted by molar-refractivity contribution is 9.09. The van der Waals surface area contributed by atoms with Crippen molar-refractivity contribution in [3.8, 4) is 0 Å². The fourth-order valence-corrected chi connectivity index (χ4v) is 0.872. The van der Waals surface area contributed by atoms with E-state index in [1.807, 2.05) is 0 Å². The van der Waals surface area contributed by atoms with Gasteiger partial charge in [0.1, 0.15) is 0 Å². The first kappa shape index (κ1) is 10.3. The van der Waals surface area contributed by atoms with E-state index < -0.39 is 11.7 Å². The van der Waals surface area contributed by atoms with Crippen LogP contribution in [0.15, 0.2) is 6.20 Å². The number of nitrogens with zero attached hydrogens (tertiary/aromatic N) is 2. The summed E-state index contributed by atoms with van der Waals surface area (Å²) in [6.45, 7) is 0. The van der Waals surface area contributed by atoms with Crippen molar-refractivity contribution in [2.75, 3.05) is 10.6 Å². The predicted molar refractivity (Wildman–Crippen MR) is 49.4 cm³/mol. The molecule has 0 radical (unpaired) electrons. The first-order valence-corrected chi connectivity index (χ1v) is 4.67. The van der Waals surface area contributed by atoms with Crippen molar-refractivity contribution in [2.24, 2.45) is 0 Å². The number of anilines is 1. The smallest absolute Gasteiger partial charge is 0.236 e. The zero-order valence-electron chi connectivity index (χ0n) is 6.22. The van der Waals surface area contributed by atoms with Gasteiger partial charge in [0, 0.05) is 0 Å². The highest BCUT2D eigenvalue weighted by atomic mass is 79.9. The molecule has 0 fully saturated rings. The molecule has 13 heavy (non-hydrogen) atoms. The van der Waals surface area contributed by atoms with Crippen molar-refractivity contribution in [3.63, 3.8) is 0 Å². The van der Waals surface area contributed by atoms with Crippen molar-refractivity contribution in [1.29, 1.82) is 0 Å². The predicted octanol–water partition coefficient (Wildman–Crippen LogP) is 1.60. The van der Waals surface area contributed by atoms with Crippen LogP contribution < -0.4 is 5.32 Å². The lowest BCUT2D eigenvalue weighted by Gasteiger charge is -2.02. The van der Waals surface area contributed by atoms with E-state index in [-0.39, 0.29) is 16.4 Å². The summed E-state index contributed by atoms with van der Waals surface area (Å²) in [6, 6.07) is 0. The number of halogens is 3. The van der Waals surface area contributed by atoms with Gasteiger partial charge in [-0.3, -0.25) is 4.79 Å². The van der Waals surface area contributed by atoms with Crippen LogP contribution in [0.3, 0.4) is 0 Å². The Morgan fingerprint density at radius 1 is 1.77 bits per heavy atom. The van der Waals surface area contributed by atoms with Crippen molar-refractivity contribution in [3.05, 3.63) is 17.3 Å². The minimum Gasteiger partial charge on any atom is -0.307 e. The number of aromatic nitrogens is 2. The number of alkyl halides is 1. The lowest BCUT2D eigenvalue weighted by Crippen LogP contribution is -2.15. The monoisotopic (exact) mass is 267 g/mol. The molecule has 4 nitrogen and oxygen atoms in total. The van der Waals surface area contributed by atoms with Crippen molar-refractivity contribution in [1.82, 2.24) is 9.97 Å². The summed E-state index contributed by atoms with van der Waals surface area (Å²) in [5.41, 5.74) is 0. The van der Waals surface area contributed by atoms with Gasteiger partial charge in [0.2, 0.25) is 11.2 Å². The Kier molecular flexibility index (Phi) is 3.56. The van der Waals surface area contributed by atoms with E-state index in [0.717, 1.165) is 6.20 Å². The molecular formula is C6H4BrClFN3O. The first-order valence-electron chi connectivity index (χ1n) is 3.17. The van der Waals surface area contributed by atoms with Gasteiger partial charge >= 0.3 is 0 Å². The maximum atomic E-state index is 12.9. The molecule has 70 valence electrons. The summed E-state index contributed by atoms with van der Waals surface area (Å²) in [5, 5.41) is 2.15. The quantitative estimate of drug-likeness (QED) is 0.655. The molecule has 0 aliphatic carbocycles. The first-order chi connectivity index (χ1) is 6.13. The Morgan fingerprint density at radius 3 is 3.08 bits per heavy atom. The van der Waals surface area contributed by atoms with Gasteiger partial charge in [0.25, 0.3) is 0 Å². The number of carbonyl (C=O) groups excluding carboxylic acids is 1. The normalized spacial score (nSPS) is 9.77. The molecule has 1 N–H and O–H groups in total. The van der Waals surface area contributed by atoms with Gasteiger partial charge in [-0.05, 0) is 11.6 Å². The fourth-order valence-electron chi connectivity index (χ4n) is 0.599. The molecule has 0 spiro atoms. The van der Waals surface area contributed by atoms with Crippen molar-refractivity contribution >= 4 is 39.3 Å². The number of carbonyl (C=O) groups is 1. The molecule has 1 amide bonds. The summed E-state index contributed by atoms with van der Waals surface area (Å²) in [5.74, 6) is -1.35. The lowest BCUT2D eigenvalue weighted by atomic mass is 10.5. The van der Waals surface area contributed by atoms with Gasteiger partial charge in [-0.2, -0.15) is 4.98 Å². The highest BCUT2D eigenvalue weighted by Crippen LogP contribution is 2.11. The molecule has 0 saturated heterocycles. The maximum Gasteiger partial charge on any atom is 0.236 e. The third-order valence-corrected chi connectivity index (χ3v) is 1.79. The molecule has 1 heterocycles. The van der Waals surface area contributed by atoms with E-state index in [0.29, 0.717) is 0 Å². The molecule has 1 rings (SSSR count). The Balaban J connectivity index is 2.87. The molecule has 0 aliphatic heterocycles. The van der Waals surface area contributed by atoms with Crippen LogP contribution in [0.1, 0.15) is 0 Å². The zero-order chi connectivity index (χ0) is 9.84. The Labute approximate surface area is 86.6 Å². The average Bonchev–Trinajstić information content (AvgIpc) is 2.11. The molecule has 0 atom stereocenters. The van der Waals surface area contributed by atoms with Crippen LogP contribution in [0.4, 0.5) is 10.2 Å². The fraction of sp³-hybridized carbons (Fsp3) is 0.167. The molecule has 1 aromatic heterocycles. The third kappa shape index (κ3) is 2.89. The van der Waals surface area contributed by atoms with Crippen LogP contribution in [0, 0.1) is 5.82 Å². The topological polar surface area (TPSA) is 54.9 Å². The Hall–Kier alpha value is -0.750. The number of hydrogen-bond donors (Lipinski definition) is 1. The molecule has 0 unspecified atom stereocenters. The van der Waals surface area contributed by atoms with Gasteiger partial charge in [-0.25, -0.2) is 9.37 Å². The maximum absolute atomic E-state index is 12.9. The standard InChI is InChI=1S/C6H4BrClFN3O/c7-1-4(13)11-5-3(9)2-10-6(8)12-5/h2H,1H2,(H,10,11,12,13). The summed E-state index contributed by atoms with van der Waals surface area (Å²) in [7, 11) is 0. The Bertz CT molecular complexity index is 336. The number of rotatable bonds is 2. The van der Waals surface area contributed by atoms with Crippen molar-refractivity contribution < 1.29 is 9.18 Å². The minimum absolute atomic E-state index is 0.0636. The zero-order valence-corrected chi connectivity index (χ0v) is 8.56.